The van der Waals surface area contributed by atoms with Gasteiger partial charge in [-0.1, -0.05) is 330 Å². The van der Waals surface area contributed by atoms with Crippen LogP contribution in [-0.2, 0) is 5.41 Å². The second kappa shape index (κ2) is 39.7. The van der Waals surface area contributed by atoms with Crippen LogP contribution in [-0.4, -0.2) is 35.3 Å². The molecule has 0 atom stereocenters. The third-order valence-electron chi connectivity index (χ3n) is 24.5. The first kappa shape index (κ1) is 85.5. The maximum Gasteiger partial charge on any atom is 0.151 e. The van der Waals surface area contributed by atoms with Crippen molar-refractivity contribution in [3.63, 3.8) is 0 Å². The molecule has 0 unspecified atom stereocenters. The summed E-state index contributed by atoms with van der Waals surface area (Å²) in [7, 11) is 2.43. The van der Waals surface area contributed by atoms with Gasteiger partial charge < -0.3 is 43.9 Å². The first-order valence-electron chi connectivity index (χ1n) is 44.9. The zero-order valence-corrected chi connectivity index (χ0v) is 76.2. The van der Waals surface area contributed by atoms with Crippen molar-refractivity contribution in [1.82, 2.24) is 0 Å². The largest absolute Gasteiger partial charge is 0.453 e. The van der Waals surface area contributed by atoms with Crippen molar-refractivity contribution in [3.05, 3.63) is 496 Å². The van der Waals surface area contributed by atoms with Gasteiger partial charge in [0.05, 0.1) is 56.9 Å². The summed E-state index contributed by atoms with van der Waals surface area (Å²) in [4.78, 5) is 21.1. The number of para-hydroxylation sites is 22. The Kier molecular flexibility index (Phi) is 26.1. The summed E-state index contributed by atoms with van der Waals surface area (Å²) in [5, 5.41) is 3.02. The van der Waals surface area contributed by atoms with Crippen LogP contribution in [0.2, 0.25) is 13.1 Å². The Morgan fingerprint density at radius 1 is 0.238 bits per heavy atom. The fraction of sp³-hybridized carbons (Fsp3) is 0.0924. The second-order valence-corrected chi connectivity index (χ2v) is 39.1. The highest BCUT2D eigenvalue weighted by molar-refractivity contribution is 7.99. The number of anilines is 20. The van der Waals surface area contributed by atoms with Crippen LogP contribution in [0.25, 0.3) is 0 Å². The number of nitrogens with zero attached hydrogens (tertiary/aromatic N) is 8. The Morgan fingerprint density at radius 3 is 0.800 bits per heavy atom. The number of benzene rings is 18. The molecule has 1 saturated heterocycles. The lowest BCUT2D eigenvalue weighted by Crippen LogP contribution is -2.58. The third-order valence-corrected chi connectivity index (χ3v) is 29.1. The minimum Gasteiger partial charge on any atom is -0.453 e. The molecule has 0 aliphatic carbocycles. The number of rotatable bonds is 8. The summed E-state index contributed by atoms with van der Waals surface area (Å²) in [6.07, 6.45) is 2.71. The number of fused-ring (bicyclic) bond motifs is 10. The SMILES string of the molecule is CC1(C)c2ccccc2N(c2ccccc2)c2ccccc21.CN(C)c1ccccc1.C[Si]1(C)c2ccccc2N(c2ccccc2)c2ccccc21.c1ccc(N2CCCC2)cc1.c1ccc(N2c3ccccc3N(c3ccccc3)c3ccccc32)cc1.c1ccc(N2c3ccccc3Oc3ccccc32)cc1.c1ccc(N2c3ccccc3Sc3ccccc32)cc1. The van der Waals surface area contributed by atoms with Crippen molar-refractivity contribution in [1.29, 1.82) is 0 Å². The van der Waals surface area contributed by atoms with Gasteiger partial charge in [-0.2, -0.15) is 0 Å². The zero-order chi connectivity index (χ0) is 88.6. The van der Waals surface area contributed by atoms with Crippen LogP contribution in [0.15, 0.2) is 495 Å². The lowest BCUT2D eigenvalue weighted by atomic mass is 9.73. The van der Waals surface area contributed by atoms with E-state index in [0.29, 0.717) is 0 Å². The minimum atomic E-state index is -1.65. The molecule has 0 saturated carbocycles. The lowest BCUT2D eigenvalue weighted by Gasteiger charge is -2.42. The van der Waals surface area contributed by atoms with Crippen molar-refractivity contribution >= 4 is 144 Å². The molecular weight excluding hydrogens is 1620 g/mol. The average Bonchev–Trinajstić information content (AvgIpc) is 0.771. The highest BCUT2D eigenvalue weighted by Crippen LogP contribution is 2.57. The molecule has 18 aromatic rings. The van der Waals surface area contributed by atoms with E-state index in [2.05, 4.69) is 491 Å². The van der Waals surface area contributed by atoms with Gasteiger partial charge in [0.25, 0.3) is 0 Å². The van der Waals surface area contributed by atoms with Crippen molar-refractivity contribution < 1.29 is 4.74 Å². The van der Waals surface area contributed by atoms with E-state index >= 15 is 0 Å². The molecule has 1 fully saturated rings. The van der Waals surface area contributed by atoms with Gasteiger partial charge in [0, 0.05) is 99.3 Å². The smallest absolute Gasteiger partial charge is 0.151 e. The van der Waals surface area contributed by atoms with Crippen LogP contribution in [0.1, 0.15) is 37.8 Å². The van der Waals surface area contributed by atoms with Crippen LogP contribution in [0.4, 0.5) is 114 Å². The van der Waals surface area contributed by atoms with Gasteiger partial charge in [-0.3, -0.25) is 0 Å². The van der Waals surface area contributed by atoms with Crippen LogP contribution in [0, 0.1) is 0 Å². The molecule has 9 nitrogen and oxygen atoms in total. The van der Waals surface area contributed by atoms with Gasteiger partial charge in [-0.15, -0.1) is 0 Å². The second-order valence-electron chi connectivity index (χ2n) is 33.7. The summed E-state index contributed by atoms with van der Waals surface area (Å²) < 4.78 is 5.99. The standard InChI is InChI=1S/C24H18N2.C21H19N.C20H19NSi.C18H13NO.C18H13NS.C10H13N.C8H11N/c1-3-11-19(12-4-1)25-21-15-7-9-17-23(21)26(20-13-5-2-6-14-20)24-18-10-8-16-22(24)25;1-21(2)17-12-6-8-14-19(17)22(16-10-4-3-5-11-16)20-15-9-7-13-18(20)21;1-22(2)19-14-8-6-12-17(19)21(16-10-4-3-5-11-16)18-13-7-9-15-20(18)22;2*1-2-8-14(9-3-1)19-15-10-4-6-12-17(15)20-18-13-7-5-11-16(18)19;1-2-6-10(7-3-1)11-8-4-5-9-11;1-9(2)8-6-4-3-5-7-8/h1-18H;2*3-15H,1-2H3;2*1-13H;1-3,6-7H,4-5,8-9H2;3-7H,1-2H3. The molecule has 24 rings (SSSR count). The maximum atomic E-state index is 5.99. The molecule has 638 valence electrons. The van der Waals surface area contributed by atoms with Crippen LogP contribution in [0.5, 0.6) is 11.5 Å². The Balaban J connectivity index is 0.000000104. The normalized spacial score (nSPS) is 13.5. The van der Waals surface area contributed by atoms with E-state index in [4.69, 9.17) is 4.74 Å². The molecule has 0 spiro atoms. The van der Waals surface area contributed by atoms with Gasteiger partial charge >= 0.3 is 0 Å². The van der Waals surface area contributed by atoms with Crippen molar-refractivity contribution in [3.8, 4) is 11.5 Å². The van der Waals surface area contributed by atoms with Crippen LogP contribution in [0.3, 0.4) is 0 Å². The fourth-order valence-electron chi connectivity index (χ4n) is 18.2. The number of hydrogen-bond donors (Lipinski definition) is 0. The monoisotopic (exact) mass is 1720 g/mol. The van der Waals surface area contributed by atoms with Crippen molar-refractivity contribution in [2.45, 2.75) is 55.0 Å². The molecule has 0 amide bonds. The van der Waals surface area contributed by atoms with Gasteiger partial charge in [0.2, 0.25) is 0 Å². The predicted octanol–water partition coefficient (Wildman–Crippen LogP) is 32.0. The maximum absolute atomic E-state index is 5.99. The summed E-state index contributed by atoms with van der Waals surface area (Å²) in [6.45, 7) is 12.0. The van der Waals surface area contributed by atoms with Gasteiger partial charge in [-0.05, 0) is 228 Å². The Morgan fingerprint density at radius 2 is 0.469 bits per heavy atom. The molecular formula is C119H106N8OSSi. The number of ether oxygens (including phenoxy) is 1. The number of hydrogen-bond acceptors (Lipinski definition) is 10. The summed E-state index contributed by atoms with van der Waals surface area (Å²) in [5.41, 5.74) is 27.1. The minimum absolute atomic E-state index is 0.0124. The van der Waals surface area contributed by atoms with E-state index in [1.807, 2.05) is 86.5 Å². The van der Waals surface area contributed by atoms with Gasteiger partial charge in [-0.25, -0.2) is 0 Å². The molecule has 130 heavy (non-hydrogen) atoms. The molecule has 0 radical (unpaired) electrons. The Hall–Kier alpha value is -15.3. The summed E-state index contributed by atoms with van der Waals surface area (Å²) >= 11 is 1.84. The highest BCUT2D eigenvalue weighted by Gasteiger charge is 2.40. The molecule has 6 aliphatic rings. The zero-order valence-electron chi connectivity index (χ0n) is 74.4. The summed E-state index contributed by atoms with van der Waals surface area (Å²) in [6, 6.07) is 170. The van der Waals surface area contributed by atoms with E-state index in [9.17, 15) is 0 Å². The average molecular weight is 1720 g/mol. The molecule has 0 N–H and O–H groups in total. The highest BCUT2D eigenvalue weighted by atomic mass is 32.2. The van der Waals surface area contributed by atoms with Gasteiger partial charge in [0.15, 0.2) is 11.5 Å². The quantitative estimate of drug-likeness (QED) is 0.137. The van der Waals surface area contributed by atoms with Crippen LogP contribution >= 0.6 is 11.8 Å². The van der Waals surface area contributed by atoms with E-state index in [-0.39, 0.29) is 5.41 Å². The molecule has 18 aromatic carbocycles. The topological polar surface area (TPSA) is 35.2 Å². The van der Waals surface area contributed by atoms with E-state index in [1.54, 1.807) is 0 Å². The lowest BCUT2D eigenvalue weighted by molar-refractivity contribution is 0.477. The van der Waals surface area contributed by atoms with E-state index in [1.165, 1.54) is 154 Å². The van der Waals surface area contributed by atoms with Crippen molar-refractivity contribution in [2.24, 2.45) is 0 Å². The first-order chi connectivity index (χ1) is 64.0. The molecule has 6 aliphatic heterocycles. The van der Waals surface area contributed by atoms with Crippen LogP contribution < -0.4 is 54.3 Å². The van der Waals surface area contributed by atoms with E-state index in [0.717, 1.165) is 28.6 Å². The molecule has 11 heteroatoms. The Labute approximate surface area is 772 Å². The predicted molar refractivity (Wildman–Crippen MR) is 556 cm³/mol. The Bertz CT molecular complexity index is 6170. The fourth-order valence-corrected chi connectivity index (χ4v) is 22.2. The van der Waals surface area contributed by atoms with Gasteiger partial charge in [0.1, 0.15) is 8.07 Å². The molecule has 0 bridgehead atoms. The van der Waals surface area contributed by atoms with E-state index < -0.39 is 8.07 Å². The first-order valence-corrected chi connectivity index (χ1v) is 48.7. The van der Waals surface area contributed by atoms with Crippen molar-refractivity contribution in [2.75, 3.05) is 66.4 Å². The molecule has 0 aromatic heterocycles. The summed E-state index contributed by atoms with van der Waals surface area (Å²) in [5.74, 6) is 1.77. The third kappa shape index (κ3) is 18.2. The molecule has 6 heterocycles.